The summed E-state index contributed by atoms with van der Waals surface area (Å²) in [7, 11) is 0. The third-order valence-corrected chi connectivity index (χ3v) is 1.82. The molecule has 0 amide bonds. The topological polar surface area (TPSA) is 37.3 Å². The van der Waals surface area contributed by atoms with Crippen LogP contribution in [0, 0.1) is 0 Å². The molecule has 0 fully saturated rings. The maximum atomic E-state index is 10.2. The predicted molar refractivity (Wildman–Crippen MR) is 50.2 cm³/mol. The second-order valence-electron chi connectivity index (χ2n) is 2.90. The van der Waals surface area contributed by atoms with Crippen molar-refractivity contribution in [1.82, 2.24) is 0 Å². The van der Waals surface area contributed by atoms with Crippen LogP contribution in [0.5, 0.6) is 0 Å². The monoisotopic (exact) mass is 170 g/mol. The van der Waals surface area contributed by atoms with Crippen molar-refractivity contribution in [3.8, 4) is 0 Å². The highest BCUT2D eigenvalue weighted by molar-refractivity contribution is 5.66. The van der Waals surface area contributed by atoms with Gasteiger partial charge in [-0.15, -0.1) is 0 Å². The van der Waals surface area contributed by atoms with Gasteiger partial charge in [-0.1, -0.05) is 31.9 Å². The van der Waals surface area contributed by atoms with Gasteiger partial charge in [-0.05, 0) is 19.3 Å². The number of carboxylic acid groups (broad SMARTS) is 1. The van der Waals surface area contributed by atoms with Gasteiger partial charge in [-0.2, -0.15) is 0 Å². The van der Waals surface area contributed by atoms with Crippen LogP contribution in [0.25, 0.3) is 0 Å². The number of carboxylic acids is 1. The fourth-order valence-electron chi connectivity index (χ4n) is 1.14. The Morgan fingerprint density at radius 1 is 1.33 bits per heavy atom. The maximum absolute atomic E-state index is 10.2. The Morgan fingerprint density at radius 3 is 2.42 bits per heavy atom. The lowest BCUT2D eigenvalue weighted by Crippen LogP contribution is -1.92. The SMILES string of the molecule is CCC/C(=C\CCC(=O)O)CC. The van der Waals surface area contributed by atoms with Gasteiger partial charge < -0.3 is 5.11 Å². The van der Waals surface area contributed by atoms with Crippen molar-refractivity contribution in [3.05, 3.63) is 11.6 Å². The minimum Gasteiger partial charge on any atom is -0.481 e. The van der Waals surface area contributed by atoms with Crippen molar-refractivity contribution in [1.29, 1.82) is 0 Å². The van der Waals surface area contributed by atoms with Gasteiger partial charge in [0, 0.05) is 6.42 Å². The predicted octanol–water partition coefficient (Wildman–Crippen LogP) is 2.99. The Labute approximate surface area is 74.3 Å². The van der Waals surface area contributed by atoms with Crippen LogP contribution < -0.4 is 0 Å². The fraction of sp³-hybridized carbons (Fsp3) is 0.700. The second kappa shape index (κ2) is 6.89. The molecule has 2 nitrogen and oxygen atoms in total. The molecule has 0 aromatic rings. The van der Waals surface area contributed by atoms with Crippen LogP contribution in [0.15, 0.2) is 11.6 Å². The van der Waals surface area contributed by atoms with Crippen LogP contribution in [-0.2, 0) is 4.79 Å². The van der Waals surface area contributed by atoms with Crippen molar-refractivity contribution in [2.24, 2.45) is 0 Å². The van der Waals surface area contributed by atoms with Gasteiger partial charge in [0.1, 0.15) is 0 Å². The average molecular weight is 170 g/mol. The highest BCUT2D eigenvalue weighted by atomic mass is 16.4. The molecule has 0 rings (SSSR count). The molecule has 2 heteroatoms. The van der Waals surface area contributed by atoms with Crippen molar-refractivity contribution >= 4 is 5.97 Å². The molecule has 0 atom stereocenters. The van der Waals surface area contributed by atoms with Gasteiger partial charge in [-0.25, -0.2) is 0 Å². The zero-order valence-electron chi connectivity index (χ0n) is 7.97. The van der Waals surface area contributed by atoms with Gasteiger partial charge in [0.15, 0.2) is 0 Å². The van der Waals surface area contributed by atoms with E-state index in [9.17, 15) is 4.79 Å². The van der Waals surface area contributed by atoms with E-state index in [0.29, 0.717) is 6.42 Å². The molecule has 0 saturated heterocycles. The third-order valence-electron chi connectivity index (χ3n) is 1.82. The minimum absolute atomic E-state index is 0.257. The molecule has 0 spiro atoms. The number of allylic oxidation sites excluding steroid dienone is 2. The van der Waals surface area contributed by atoms with E-state index in [0.717, 1.165) is 19.3 Å². The minimum atomic E-state index is -0.710. The number of hydrogen-bond donors (Lipinski definition) is 1. The molecule has 70 valence electrons. The summed E-state index contributed by atoms with van der Waals surface area (Å²) in [6.45, 7) is 4.25. The summed E-state index contributed by atoms with van der Waals surface area (Å²) >= 11 is 0. The number of carbonyl (C=O) groups is 1. The Morgan fingerprint density at radius 2 is 2.00 bits per heavy atom. The quantitative estimate of drug-likeness (QED) is 0.622. The Bertz CT molecular complexity index is 159. The van der Waals surface area contributed by atoms with E-state index in [1.807, 2.05) is 0 Å². The van der Waals surface area contributed by atoms with Crippen LogP contribution in [-0.4, -0.2) is 11.1 Å². The van der Waals surface area contributed by atoms with Crippen LogP contribution in [0.4, 0.5) is 0 Å². The zero-order valence-corrected chi connectivity index (χ0v) is 7.97. The Kier molecular flexibility index (Phi) is 6.44. The average Bonchev–Trinajstić information content (AvgIpc) is 2.02. The molecule has 0 heterocycles. The lowest BCUT2D eigenvalue weighted by molar-refractivity contribution is -0.136. The van der Waals surface area contributed by atoms with Crippen LogP contribution in [0.1, 0.15) is 46.0 Å². The van der Waals surface area contributed by atoms with E-state index in [4.69, 9.17) is 5.11 Å². The van der Waals surface area contributed by atoms with Crippen molar-refractivity contribution in [3.63, 3.8) is 0 Å². The number of rotatable bonds is 6. The second-order valence-corrected chi connectivity index (χ2v) is 2.90. The van der Waals surface area contributed by atoms with Crippen molar-refractivity contribution in [2.45, 2.75) is 46.0 Å². The smallest absolute Gasteiger partial charge is 0.303 e. The summed E-state index contributed by atoms with van der Waals surface area (Å²) in [6.07, 6.45) is 6.31. The van der Waals surface area contributed by atoms with Crippen molar-refractivity contribution in [2.75, 3.05) is 0 Å². The summed E-state index contributed by atoms with van der Waals surface area (Å²) in [5.74, 6) is -0.710. The highest BCUT2D eigenvalue weighted by Crippen LogP contribution is 2.10. The first kappa shape index (κ1) is 11.2. The van der Waals surface area contributed by atoms with E-state index in [2.05, 4.69) is 19.9 Å². The largest absolute Gasteiger partial charge is 0.481 e. The molecule has 0 aliphatic carbocycles. The standard InChI is InChI=1S/C10H18O2/c1-3-6-9(4-2)7-5-8-10(11)12/h7H,3-6,8H2,1-2H3,(H,11,12)/b9-7-. The first-order valence-corrected chi connectivity index (χ1v) is 4.60. The molecular formula is C10H18O2. The molecule has 0 radical (unpaired) electrons. The molecule has 0 aromatic carbocycles. The van der Waals surface area contributed by atoms with Gasteiger partial charge in [-0.3, -0.25) is 4.79 Å². The lowest BCUT2D eigenvalue weighted by atomic mass is 10.1. The van der Waals surface area contributed by atoms with E-state index >= 15 is 0 Å². The Hall–Kier alpha value is -0.790. The van der Waals surface area contributed by atoms with Gasteiger partial charge in [0.05, 0.1) is 0 Å². The first-order chi connectivity index (χ1) is 5.70. The molecule has 0 unspecified atom stereocenters. The molecular weight excluding hydrogens is 152 g/mol. The number of hydrogen-bond acceptors (Lipinski definition) is 1. The van der Waals surface area contributed by atoms with E-state index in [1.165, 1.54) is 5.57 Å². The lowest BCUT2D eigenvalue weighted by Gasteiger charge is -2.00. The molecule has 12 heavy (non-hydrogen) atoms. The van der Waals surface area contributed by atoms with E-state index in [1.54, 1.807) is 0 Å². The van der Waals surface area contributed by atoms with Crippen LogP contribution in [0.3, 0.4) is 0 Å². The molecule has 0 aromatic heterocycles. The van der Waals surface area contributed by atoms with Gasteiger partial charge >= 0.3 is 5.97 Å². The number of aliphatic carboxylic acids is 1. The maximum Gasteiger partial charge on any atom is 0.303 e. The fourth-order valence-corrected chi connectivity index (χ4v) is 1.14. The summed E-state index contributed by atoms with van der Waals surface area (Å²) in [4.78, 5) is 10.2. The van der Waals surface area contributed by atoms with Crippen molar-refractivity contribution < 1.29 is 9.90 Å². The first-order valence-electron chi connectivity index (χ1n) is 4.60. The Balaban J connectivity index is 3.69. The van der Waals surface area contributed by atoms with E-state index < -0.39 is 5.97 Å². The summed E-state index contributed by atoms with van der Waals surface area (Å²) in [5.41, 5.74) is 1.39. The van der Waals surface area contributed by atoms with E-state index in [-0.39, 0.29) is 6.42 Å². The van der Waals surface area contributed by atoms with Crippen LogP contribution in [0.2, 0.25) is 0 Å². The van der Waals surface area contributed by atoms with Gasteiger partial charge in [0.2, 0.25) is 0 Å². The normalized spacial score (nSPS) is 11.7. The highest BCUT2D eigenvalue weighted by Gasteiger charge is 1.95. The van der Waals surface area contributed by atoms with Crippen LogP contribution >= 0.6 is 0 Å². The summed E-state index contributed by atoms with van der Waals surface area (Å²) in [6, 6.07) is 0. The third kappa shape index (κ3) is 5.96. The molecule has 1 N–H and O–H groups in total. The molecule has 0 bridgehead atoms. The molecule has 0 saturated carbocycles. The molecule has 0 aliphatic heterocycles. The zero-order chi connectivity index (χ0) is 9.40. The van der Waals surface area contributed by atoms with Gasteiger partial charge in [0.25, 0.3) is 0 Å². The summed E-state index contributed by atoms with van der Waals surface area (Å²) in [5, 5.41) is 8.40. The molecule has 0 aliphatic rings. The summed E-state index contributed by atoms with van der Waals surface area (Å²) < 4.78 is 0.